The third kappa shape index (κ3) is 14.5. The summed E-state index contributed by atoms with van der Waals surface area (Å²) >= 11 is 0. The Bertz CT molecular complexity index is 309. The summed E-state index contributed by atoms with van der Waals surface area (Å²) in [5.74, 6) is 0. The van der Waals surface area contributed by atoms with Crippen LogP contribution in [0.1, 0.15) is 20.8 Å². The van der Waals surface area contributed by atoms with Crippen LogP contribution in [0, 0.1) is 101 Å². The van der Waals surface area contributed by atoms with Crippen molar-refractivity contribution in [2.75, 3.05) is 0 Å². The van der Waals surface area contributed by atoms with E-state index in [4.69, 9.17) is 0 Å². The average Bonchev–Trinajstić information content (AvgIpc) is 3.17. The van der Waals surface area contributed by atoms with Gasteiger partial charge >= 0.3 is 0 Å². The van der Waals surface area contributed by atoms with Crippen LogP contribution < -0.4 is 5.30 Å². The van der Waals surface area contributed by atoms with Crippen LogP contribution in [0.15, 0.2) is 30.3 Å². The van der Waals surface area contributed by atoms with Crippen molar-refractivity contribution < 1.29 is 36.9 Å². The van der Waals surface area contributed by atoms with Crippen molar-refractivity contribution in [2.45, 2.75) is 25.9 Å². The van der Waals surface area contributed by atoms with E-state index < -0.39 is 0 Å². The van der Waals surface area contributed by atoms with Gasteiger partial charge in [0.15, 0.2) is 0 Å². The summed E-state index contributed by atoms with van der Waals surface area (Å²) in [4.78, 5) is 0. The van der Waals surface area contributed by atoms with Gasteiger partial charge in [-0.3, -0.25) is 0 Å². The van der Waals surface area contributed by atoms with Crippen LogP contribution >= 0.6 is 8.58 Å². The molecule has 1 aromatic rings. The Morgan fingerprint density at radius 2 is 0.909 bits per heavy atom. The maximum atomic E-state index is 2.28. The predicted molar refractivity (Wildman–Crippen MR) is 97.1 cm³/mol. The second-order valence-corrected chi connectivity index (χ2v) is 7.99. The van der Waals surface area contributed by atoms with Gasteiger partial charge in [0.05, 0.1) is 0 Å². The van der Waals surface area contributed by atoms with Gasteiger partial charge in [-0.15, -0.1) is 0 Å². The van der Waals surface area contributed by atoms with Crippen molar-refractivity contribution in [3.8, 4) is 0 Å². The molecule has 0 aromatic heterocycles. The summed E-state index contributed by atoms with van der Waals surface area (Å²) in [5.41, 5.74) is 0. The van der Waals surface area contributed by atoms with Crippen LogP contribution in [-0.4, -0.2) is 5.16 Å². The molecule has 0 bridgehead atoms. The van der Waals surface area contributed by atoms with E-state index in [0.717, 1.165) is 8.58 Å². The Labute approximate surface area is 170 Å². The van der Waals surface area contributed by atoms with Crippen molar-refractivity contribution in [3.05, 3.63) is 94.5 Å². The fourth-order valence-corrected chi connectivity index (χ4v) is 2.82. The fraction of sp³-hybridized carbons (Fsp3) is 0.200. The monoisotopic (exact) mass is 471 g/mol. The minimum atomic E-state index is 0. The van der Waals surface area contributed by atoms with Crippen LogP contribution in [0.5, 0.6) is 0 Å². The minimum Gasteiger partial charge on any atom is -0.0849 e. The molecule has 2 heteroatoms. The molecular formula is C20H25LuP. The zero-order valence-electron chi connectivity index (χ0n) is 13.4. The van der Waals surface area contributed by atoms with Gasteiger partial charge in [0, 0.05) is 36.9 Å². The first-order chi connectivity index (χ1) is 10.1. The molecule has 11 radical (unpaired) electrons. The first-order valence-corrected chi connectivity index (χ1v) is 8.24. The molecule has 2 fully saturated rings. The summed E-state index contributed by atoms with van der Waals surface area (Å²) in [5, 5.41) is 1.89. The third-order valence-corrected chi connectivity index (χ3v) is 3.78. The molecule has 2 aliphatic carbocycles. The molecule has 3 rings (SSSR count). The number of hydrogen-bond acceptors (Lipinski definition) is 0. The summed E-state index contributed by atoms with van der Waals surface area (Å²) in [7, 11) is 0.914. The normalized spacial score (nSPS) is 17.2. The van der Waals surface area contributed by atoms with Crippen molar-refractivity contribution in [1.29, 1.82) is 0 Å². The summed E-state index contributed by atoms with van der Waals surface area (Å²) < 4.78 is 0. The Balaban J connectivity index is 0.000000334. The van der Waals surface area contributed by atoms with Crippen molar-refractivity contribution in [1.82, 2.24) is 0 Å². The number of hydrogen-bond donors (Lipinski definition) is 0. The zero-order valence-corrected chi connectivity index (χ0v) is 16.1. The maximum Gasteiger partial charge on any atom is 0 e. The van der Waals surface area contributed by atoms with E-state index in [1.807, 2.05) is 64.2 Å². The standard InChI is InChI=1S/C10H15P.2C5H5.Lu/c1-10(2,3)11-9-7-5-4-6-8-9;2*1-2-4-5-3-1;/h4-8,11H,1-3H3;2*1-5H;. The molecule has 1 aromatic carbocycles. The van der Waals surface area contributed by atoms with Crippen molar-refractivity contribution in [2.24, 2.45) is 0 Å². The maximum absolute atomic E-state index is 2.28. The molecule has 22 heavy (non-hydrogen) atoms. The van der Waals surface area contributed by atoms with Gasteiger partial charge in [-0.1, -0.05) is 59.7 Å². The smallest absolute Gasteiger partial charge is 0 e. The summed E-state index contributed by atoms with van der Waals surface area (Å²) in [6.07, 6.45) is 20.0. The summed E-state index contributed by atoms with van der Waals surface area (Å²) in [6.45, 7) is 6.83. The van der Waals surface area contributed by atoms with Gasteiger partial charge in [0.1, 0.15) is 0 Å². The topological polar surface area (TPSA) is 0 Å². The van der Waals surface area contributed by atoms with E-state index in [1.165, 1.54) is 5.30 Å². The Hall–Kier alpha value is 0.884. The molecule has 0 saturated heterocycles. The summed E-state index contributed by atoms with van der Waals surface area (Å²) in [6, 6.07) is 10.7. The van der Waals surface area contributed by atoms with Crippen LogP contribution in [-0.2, 0) is 0 Å². The first-order valence-electron chi connectivity index (χ1n) is 7.24. The van der Waals surface area contributed by atoms with Crippen LogP contribution in [0.4, 0.5) is 0 Å². The molecule has 0 N–H and O–H groups in total. The van der Waals surface area contributed by atoms with E-state index in [0.29, 0.717) is 5.16 Å². The fourth-order valence-electron chi connectivity index (χ4n) is 1.60. The van der Waals surface area contributed by atoms with E-state index in [2.05, 4.69) is 51.1 Å². The van der Waals surface area contributed by atoms with Crippen molar-refractivity contribution >= 4 is 13.9 Å². The molecule has 0 nitrogen and oxygen atoms in total. The SMILES string of the molecule is CC(C)(C)Pc1ccccc1.[CH]1[CH][CH][CH][CH]1.[CH]1[CH][CH][CH][CH]1.[Lu]. The Kier molecular flexibility index (Phi) is 14.8. The predicted octanol–water partition coefficient (Wildman–Crippen LogP) is 4.83. The molecule has 0 amide bonds. The van der Waals surface area contributed by atoms with Crippen LogP contribution in [0.25, 0.3) is 0 Å². The molecule has 2 saturated carbocycles. The quantitative estimate of drug-likeness (QED) is 0.515. The van der Waals surface area contributed by atoms with E-state index in [-0.39, 0.29) is 36.9 Å². The Morgan fingerprint density at radius 1 is 0.591 bits per heavy atom. The van der Waals surface area contributed by atoms with Crippen LogP contribution in [0.3, 0.4) is 0 Å². The first kappa shape index (κ1) is 22.9. The minimum absolute atomic E-state index is 0. The second kappa shape index (κ2) is 14.2. The second-order valence-electron chi connectivity index (χ2n) is 5.67. The molecule has 2 aliphatic rings. The van der Waals surface area contributed by atoms with Crippen molar-refractivity contribution in [3.63, 3.8) is 0 Å². The average molecular weight is 471 g/mol. The molecular weight excluding hydrogens is 446 g/mol. The van der Waals surface area contributed by atoms with Gasteiger partial charge in [-0.25, -0.2) is 0 Å². The molecule has 0 aliphatic heterocycles. The largest absolute Gasteiger partial charge is 0.0849 e. The molecule has 0 spiro atoms. The van der Waals surface area contributed by atoms with Gasteiger partial charge in [-0.05, 0) is 74.7 Å². The Morgan fingerprint density at radius 3 is 1.18 bits per heavy atom. The van der Waals surface area contributed by atoms with Gasteiger partial charge in [0.25, 0.3) is 0 Å². The van der Waals surface area contributed by atoms with Gasteiger partial charge in [-0.2, -0.15) is 0 Å². The van der Waals surface area contributed by atoms with Gasteiger partial charge < -0.3 is 0 Å². The molecule has 0 heterocycles. The van der Waals surface area contributed by atoms with E-state index in [9.17, 15) is 0 Å². The van der Waals surface area contributed by atoms with E-state index >= 15 is 0 Å². The molecule has 125 valence electrons. The zero-order chi connectivity index (χ0) is 15.4. The molecule has 1 unspecified atom stereocenters. The van der Waals surface area contributed by atoms with E-state index in [1.54, 1.807) is 0 Å². The van der Waals surface area contributed by atoms with Crippen LogP contribution in [0.2, 0.25) is 0 Å². The van der Waals surface area contributed by atoms with Gasteiger partial charge in [0.2, 0.25) is 0 Å². The number of benzene rings is 1. The molecule has 1 atom stereocenters. The number of rotatable bonds is 1. The third-order valence-electron chi connectivity index (χ3n) is 2.40.